The summed E-state index contributed by atoms with van der Waals surface area (Å²) in [4.78, 5) is 0. The Labute approximate surface area is 94.0 Å². The third kappa shape index (κ3) is 3.15. The van der Waals surface area contributed by atoms with Gasteiger partial charge in [0.1, 0.15) is 5.82 Å². The molecular weight excluding hydrogens is 282 g/mol. The molecule has 2 N–H and O–H groups in total. The van der Waals surface area contributed by atoms with Gasteiger partial charge in [0, 0.05) is 10.0 Å². The average molecular weight is 291 g/mol. The highest BCUT2D eigenvalue weighted by Crippen LogP contribution is 2.24. The third-order valence-corrected chi connectivity index (χ3v) is 2.08. The van der Waals surface area contributed by atoms with Crippen LogP contribution in [0.15, 0.2) is 22.7 Å². The lowest BCUT2D eigenvalue weighted by molar-refractivity contribution is 0.115. The van der Waals surface area contributed by atoms with Gasteiger partial charge in [-0.2, -0.15) is 0 Å². The summed E-state index contributed by atoms with van der Waals surface area (Å²) in [7, 11) is 0. The second kappa shape index (κ2) is 5.58. The number of nitrogens with two attached hydrogens (primary N) is 1. The van der Waals surface area contributed by atoms with Gasteiger partial charge in [-0.3, -0.25) is 0 Å². The number of hydrogen-bond acceptors (Lipinski definition) is 1. The molecule has 0 fully saturated rings. The highest BCUT2D eigenvalue weighted by Gasteiger charge is 2.20. The lowest BCUT2D eigenvalue weighted by Gasteiger charge is -2.11. The predicted octanol–water partition coefficient (Wildman–Crippen LogP) is 3.27. The van der Waals surface area contributed by atoms with E-state index in [0.717, 1.165) is 6.07 Å². The lowest BCUT2D eigenvalue weighted by Crippen LogP contribution is -2.20. The van der Waals surface area contributed by atoms with Crippen LogP contribution in [0.2, 0.25) is 0 Å². The van der Waals surface area contributed by atoms with Gasteiger partial charge in [-0.15, -0.1) is 12.4 Å². The Morgan fingerprint density at radius 1 is 1.29 bits per heavy atom. The Balaban J connectivity index is 0.00000169. The van der Waals surface area contributed by atoms with Crippen LogP contribution in [0.25, 0.3) is 0 Å². The molecule has 0 aliphatic rings. The maximum Gasteiger partial charge on any atom is 0.257 e. The van der Waals surface area contributed by atoms with E-state index in [2.05, 4.69) is 15.9 Å². The molecule has 0 saturated heterocycles. The van der Waals surface area contributed by atoms with E-state index < -0.39 is 18.3 Å². The number of alkyl halides is 2. The van der Waals surface area contributed by atoms with E-state index in [0.29, 0.717) is 4.47 Å². The van der Waals surface area contributed by atoms with Crippen molar-refractivity contribution in [3.63, 3.8) is 0 Å². The largest absolute Gasteiger partial charge is 0.319 e. The molecule has 1 rings (SSSR count). The summed E-state index contributed by atoms with van der Waals surface area (Å²) in [5, 5.41) is 0. The molecule has 1 atom stereocenters. The van der Waals surface area contributed by atoms with Crippen LogP contribution in [-0.2, 0) is 0 Å². The highest BCUT2D eigenvalue weighted by atomic mass is 79.9. The normalized spacial score (nSPS) is 12.4. The van der Waals surface area contributed by atoms with Crippen molar-refractivity contribution in [1.82, 2.24) is 0 Å². The summed E-state index contributed by atoms with van der Waals surface area (Å²) in [6, 6.07) is 2.21. The molecule has 0 saturated carbocycles. The van der Waals surface area contributed by atoms with Gasteiger partial charge in [-0.05, 0) is 18.2 Å². The maximum atomic E-state index is 12.9. The molecule has 1 aromatic carbocycles. The Morgan fingerprint density at radius 3 is 2.36 bits per heavy atom. The zero-order valence-corrected chi connectivity index (χ0v) is 9.29. The number of rotatable bonds is 2. The van der Waals surface area contributed by atoms with Crippen molar-refractivity contribution >= 4 is 28.3 Å². The molecule has 0 aliphatic heterocycles. The molecular formula is C8H8BrClF3N. The number of benzene rings is 1. The van der Waals surface area contributed by atoms with Crippen LogP contribution in [-0.4, -0.2) is 6.43 Å². The molecule has 0 aliphatic carbocycles. The predicted molar refractivity (Wildman–Crippen MR) is 54.3 cm³/mol. The van der Waals surface area contributed by atoms with Crippen LogP contribution in [0.3, 0.4) is 0 Å². The van der Waals surface area contributed by atoms with Gasteiger partial charge in [0.2, 0.25) is 0 Å². The zero-order valence-electron chi connectivity index (χ0n) is 6.88. The first kappa shape index (κ1) is 13.7. The van der Waals surface area contributed by atoms with Crippen LogP contribution in [0.4, 0.5) is 13.2 Å². The van der Waals surface area contributed by atoms with Gasteiger partial charge in [-0.25, -0.2) is 13.2 Å². The van der Waals surface area contributed by atoms with E-state index >= 15 is 0 Å². The lowest BCUT2D eigenvalue weighted by atomic mass is 10.1. The highest BCUT2D eigenvalue weighted by molar-refractivity contribution is 9.10. The fraction of sp³-hybridized carbons (Fsp3) is 0.250. The fourth-order valence-corrected chi connectivity index (χ4v) is 1.28. The summed E-state index contributed by atoms with van der Waals surface area (Å²) in [5.74, 6) is -0.712. The van der Waals surface area contributed by atoms with E-state index in [4.69, 9.17) is 5.73 Å². The zero-order chi connectivity index (χ0) is 10.0. The molecule has 0 bridgehead atoms. The first-order chi connectivity index (χ1) is 6.02. The Morgan fingerprint density at radius 2 is 1.86 bits per heavy atom. The number of halogens is 5. The van der Waals surface area contributed by atoms with Crippen molar-refractivity contribution in [3.8, 4) is 0 Å². The van der Waals surface area contributed by atoms with E-state index in [1.165, 1.54) is 12.1 Å². The first-order valence-electron chi connectivity index (χ1n) is 3.51. The molecule has 0 heterocycles. The summed E-state index contributed by atoms with van der Waals surface area (Å²) >= 11 is 3.05. The second-order valence-corrected chi connectivity index (χ2v) is 3.44. The van der Waals surface area contributed by atoms with Crippen LogP contribution < -0.4 is 5.73 Å². The monoisotopic (exact) mass is 289 g/mol. The molecule has 0 radical (unpaired) electrons. The van der Waals surface area contributed by atoms with E-state index in [1.54, 1.807) is 0 Å². The average Bonchev–Trinajstić information content (AvgIpc) is 2.08. The maximum absolute atomic E-state index is 12.9. The van der Waals surface area contributed by atoms with Crippen LogP contribution >= 0.6 is 28.3 Å². The minimum Gasteiger partial charge on any atom is -0.319 e. The molecule has 0 aromatic heterocycles. The van der Waals surface area contributed by atoms with E-state index in [1.807, 2.05) is 0 Å². The minimum absolute atomic E-state index is 0. The first-order valence-corrected chi connectivity index (χ1v) is 4.30. The van der Waals surface area contributed by atoms with Gasteiger partial charge < -0.3 is 5.73 Å². The van der Waals surface area contributed by atoms with Crippen molar-refractivity contribution < 1.29 is 13.2 Å². The SMILES string of the molecule is Cl.N[C@H](c1cc(Br)ccc1F)C(F)F. The quantitative estimate of drug-likeness (QED) is 0.889. The third-order valence-electron chi connectivity index (χ3n) is 1.59. The summed E-state index contributed by atoms with van der Waals surface area (Å²) < 4.78 is 37.7. The van der Waals surface area contributed by atoms with Crippen LogP contribution in [0, 0.1) is 5.82 Å². The summed E-state index contributed by atoms with van der Waals surface area (Å²) in [6.07, 6.45) is -2.76. The second-order valence-electron chi connectivity index (χ2n) is 2.53. The van der Waals surface area contributed by atoms with Gasteiger partial charge >= 0.3 is 0 Å². The molecule has 1 aromatic rings. The molecule has 0 amide bonds. The topological polar surface area (TPSA) is 26.0 Å². The molecule has 80 valence electrons. The van der Waals surface area contributed by atoms with Crippen LogP contribution in [0.1, 0.15) is 11.6 Å². The molecule has 14 heavy (non-hydrogen) atoms. The van der Waals surface area contributed by atoms with E-state index in [9.17, 15) is 13.2 Å². The number of hydrogen-bond donors (Lipinski definition) is 1. The summed E-state index contributed by atoms with van der Waals surface area (Å²) in [6.45, 7) is 0. The van der Waals surface area contributed by atoms with Gasteiger partial charge in [0.05, 0.1) is 6.04 Å². The van der Waals surface area contributed by atoms with E-state index in [-0.39, 0.29) is 18.0 Å². The van der Waals surface area contributed by atoms with Gasteiger partial charge in [0.25, 0.3) is 6.43 Å². The Hall–Kier alpha value is -0.260. The minimum atomic E-state index is -2.76. The smallest absolute Gasteiger partial charge is 0.257 e. The van der Waals surface area contributed by atoms with Crippen LogP contribution in [0.5, 0.6) is 0 Å². The molecule has 0 unspecified atom stereocenters. The molecule has 6 heteroatoms. The van der Waals surface area contributed by atoms with Crippen molar-refractivity contribution in [2.24, 2.45) is 5.73 Å². The molecule has 0 spiro atoms. The van der Waals surface area contributed by atoms with Crippen molar-refractivity contribution in [3.05, 3.63) is 34.1 Å². The van der Waals surface area contributed by atoms with Gasteiger partial charge in [-0.1, -0.05) is 15.9 Å². The fourth-order valence-electron chi connectivity index (χ4n) is 0.906. The van der Waals surface area contributed by atoms with Crippen molar-refractivity contribution in [2.45, 2.75) is 12.5 Å². The van der Waals surface area contributed by atoms with Gasteiger partial charge in [0.15, 0.2) is 0 Å². The molecule has 1 nitrogen and oxygen atoms in total. The summed E-state index contributed by atoms with van der Waals surface area (Å²) in [5.41, 5.74) is 4.92. The Kier molecular flexibility index (Phi) is 5.48. The Bertz CT molecular complexity index is 309. The van der Waals surface area contributed by atoms with Crippen molar-refractivity contribution in [2.75, 3.05) is 0 Å². The van der Waals surface area contributed by atoms with Crippen molar-refractivity contribution in [1.29, 1.82) is 0 Å². The standard InChI is InChI=1S/C8H7BrF3N.ClH/c9-4-1-2-6(10)5(3-4)7(13)8(11)12;/h1-3,7-8H,13H2;1H/t7-;/m1./s1.